The van der Waals surface area contributed by atoms with E-state index >= 15 is 0 Å². The molecule has 0 rings (SSSR count). The lowest BCUT2D eigenvalue weighted by molar-refractivity contribution is -0.167. The summed E-state index contributed by atoms with van der Waals surface area (Å²) in [7, 11) is 0. The topological polar surface area (TPSA) is 78.9 Å². The number of esters is 3. The molecule has 0 radical (unpaired) electrons. The molecule has 0 aromatic rings. The zero-order valence-electron chi connectivity index (χ0n) is 46.2. The molecule has 0 aromatic heterocycles. The van der Waals surface area contributed by atoms with E-state index in [2.05, 4.69) is 130 Å². The normalized spacial score (nSPS) is 12.9. The smallest absolute Gasteiger partial charge is 0.306 e. The summed E-state index contributed by atoms with van der Waals surface area (Å²) >= 11 is 0. The fraction of sp³-hybridized carbons (Fsp3) is 0.677. The maximum Gasteiger partial charge on any atom is 0.306 e. The molecule has 0 saturated carbocycles. The molecule has 0 N–H and O–H groups in total. The van der Waals surface area contributed by atoms with E-state index in [0.29, 0.717) is 19.3 Å². The summed E-state index contributed by atoms with van der Waals surface area (Å²) in [6.45, 7) is 6.42. The maximum atomic E-state index is 12.8. The van der Waals surface area contributed by atoms with Crippen molar-refractivity contribution in [2.75, 3.05) is 13.2 Å². The number of hydrogen-bond donors (Lipinski definition) is 0. The number of unbranched alkanes of at least 4 members (excludes halogenated alkanes) is 23. The van der Waals surface area contributed by atoms with Gasteiger partial charge in [-0.2, -0.15) is 0 Å². The minimum Gasteiger partial charge on any atom is -0.462 e. The van der Waals surface area contributed by atoms with E-state index in [1.54, 1.807) is 0 Å². The Bertz CT molecular complexity index is 1460. The van der Waals surface area contributed by atoms with Crippen LogP contribution in [-0.4, -0.2) is 37.2 Å². The third kappa shape index (κ3) is 56.9. The van der Waals surface area contributed by atoms with Gasteiger partial charge >= 0.3 is 17.9 Å². The number of allylic oxidation sites excluding steroid dienone is 18. The van der Waals surface area contributed by atoms with Gasteiger partial charge in [0.2, 0.25) is 0 Å². The second kappa shape index (κ2) is 58.6. The maximum absolute atomic E-state index is 12.8. The monoisotopic (exact) mass is 985 g/mol. The Balaban J connectivity index is 4.17. The van der Waals surface area contributed by atoms with Gasteiger partial charge in [0, 0.05) is 19.3 Å². The summed E-state index contributed by atoms with van der Waals surface area (Å²) in [6.07, 6.45) is 79.8. The van der Waals surface area contributed by atoms with Crippen molar-refractivity contribution in [3.05, 3.63) is 109 Å². The van der Waals surface area contributed by atoms with Crippen molar-refractivity contribution < 1.29 is 28.6 Å². The van der Waals surface area contributed by atoms with E-state index in [4.69, 9.17) is 14.2 Å². The van der Waals surface area contributed by atoms with Gasteiger partial charge in [-0.25, -0.2) is 0 Å². The van der Waals surface area contributed by atoms with Gasteiger partial charge in [-0.3, -0.25) is 14.4 Å². The Morgan fingerprint density at radius 2 is 0.549 bits per heavy atom. The van der Waals surface area contributed by atoms with E-state index in [1.165, 1.54) is 96.3 Å². The number of hydrogen-bond acceptors (Lipinski definition) is 6. The van der Waals surface area contributed by atoms with Crippen molar-refractivity contribution in [3.8, 4) is 0 Å². The first-order valence-electron chi connectivity index (χ1n) is 29.4. The molecule has 6 heteroatoms. The van der Waals surface area contributed by atoms with Gasteiger partial charge in [-0.15, -0.1) is 0 Å². The van der Waals surface area contributed by atoms with Crippen LogP contribution in [0.4, 0.5) is 0 Å². The van der Waals surface area contributed by atoms with Crippen molar-refractivity contribution >= 4 is 17.9 Å². The lowest BCUT2D eigenvalue weighted by Crippen LogP contribution is -2.30. The Kier molecular flexibility index (Phi) is 55.4. The second-order valence-electron chi connectivity index (χ2n) is 19.2. The van der Waals surface area contributed by atoms with Gasteiger partial charge in [0.05, 0.1) is 0 Å². The molecule has 0 bridgehead atoms. The molecule has 0 saturated heterocycles. The Hall–Kier alpha value is -3.93. The SMILES string of the molecule is CC/C=C\C/C=C\C/C=C\C/C=C\C/C=C\C/C=C\C/C=C\C/C=C\CCCCCCC(=O)OCC(COC(=O)CCCCCCC)OC(=O)CCCCCCCCCCC/C=C\CCCCCCCC. The fourth-order valence-corrected chi connectivity index (χ4v) is 7.86. The van der Waals surface area contributed by atoms with Crippen LogP contribution in [0.5, 0.6) is 0 Å². The summed E-state index contributed by atoms with van der Waals surface area (Å²) in [5.74, 6) is -0.930. The van der Waals surface area contributed by atoms with E-state index in [9.17, 15) is 14.4 Å². The quantitative estimate of drug-likeness (QED) is 0.0261. The summed E-state index contributed by atoms with van der Waals surface area (Å²) < 4.78 is 16.7. The summed E-state index contributed by atoms with van der Waals surface area (Å²) in [6, 6.07) is 0. The van der Waals surface area contributed by atoms with Gasteiger partial charge < -0.3 is 14.2 Å². The average molecular weight is 986 g/mol. The predicted octanol–water partition coefficient (Wildman–Crippen LogP) is 19.9. The predicted molar refractivity (Wildman–Crippen MR) is 307 cm³/mol. The lowest BCUT2D eigenvalue weighted by Gasteiger charge is -2.18. The minimum atomic E-state index is -0.787. The van der Waals surface area contributed by atoms with Crippen LogP contribution < -0.4 is 0 Å². The van der Waals surface area contributed by atoms with E-state index in [0.717, 1.165) is 128 Å². The van der Waals surface area contributed by atoms with Gasteiger partial charge in [0.25, 0.3) is 0 Å². The van der Waals surface area contributed by atoms with Crippen LogP contribution in [-0.2, 0) is 28.6 Å². The zero-order chi connectivity index (χ0) is 51.4. The molecule has 1 unspecified atom stereocenters. The Morgan fingerprint density at radius 3 is 0.873 bits per heavy atom. The van der Waals surface area contributed by atoms with Crippen LogP contribution in [0.15, 0.2) is 109 Å². The number of rotatable bonds is 52. The molecule has 0 heterocycles. The first-order chi connectivity index (χ1) is 35.0. The van der Waals surface area contributed by atoms with Crippen molar-refractivity contribution in [3.63, 3.8) is 0 Å². The van der Waals surface area contributed by atoms with E-state index < -0.39 is 6.10 Å². The number of carbonyl (C=O) groups is 3. The second-order valence-corrected chi connectivity index (χ2v) is 19.2. The lowest BCUT2D eigenvalue weighted by atomic mass is 10.1. The highest BCUT2D eigenvalue weighted by atomic mass is 16.6. The molecule has 404 valence electrons. The van der Waals surface area contributed by atoms with E-state index in [-0.39, 0.29) is 31.1 Å². The molecule has 6 nitrogen and oxygen atoms in total. The molecule has 71 heavy (non-hydrogen) atoms. The van der Waals surface area contributed by atoms with Gasteiger partial charge in [-0.1, -0.05) is 246 Å². The summed E-state index contributed by atoms with van der Waals surface area (Å²) in [5, 5.41) is 0. The van der Waals surface area contributed by atoms with Gasteiger partial charge in [0.1, 0.15) is 13.2 Å². The molecule has 1 atom stereocenters. The third-order valence-corrected chi connectivity index (χ3v) is 12.3. The number of ether oxygens (including phenoxy) is 3. The highest BCUT2D eigenvalue weighted by Gasteiger charge is 2.19. The molecule has 0 aliphatic heterocycles. The molecule has 0 fully saturated rings. The molecule has 0 spiro atoms. The molecule has 0 aliphatic rings. The van der Waals surface area contributed by atoms with Crippen LogP contribution in [0.3, 0.4) is 0 Å². The van der Waals surface area contributed by atoms with Crippen LogP contribution in [0.25, 0.3) is 0 Å². The number of carbonyl (C=O) groups excluding carboxylic acids is 3. The Morgan fingerprint density at radius 1 is 0.296 bits per heavy atom. The van der Waals surface area contributed by atoms with Gasteiger partial charge in [0.15, 0.2) is 6.10 Å². The van der Waals surface area contributed by atoms with Crippen LogP contribution in [0, 0.1) is 0 Å². The van der Waals surface area contributed by atoms with Gasteiger partial charge in [-0.05, 0) is 109 Å². The van der Waals surface area contributed by atoms with Crippen molar-refractivity contribution in [1.29, 1.82) is 0 Å². The van der Waals surface area contributed by atoms with Crippen LogP contribution in [0.1, 0.15) is 265 Å². The minimum absolute atomic E-state index is 0.0882. The standard InChI is InChI=1S/C65H108O6/c1-4-7-10-13-15-17-19-21-23-25-27-28-29-30-31-32-33-34-35-36-38-39-41-43-45-47-49-52-55-58-64(67)70-61-62(60-69-63(66)57-54-51-12-9-6-3)71-65(68)59-56-53-50-48-46-44-42-40-37-26-24-22-20-18-16-14-11-8-5-2/h7,10,15,17,21-24,27-28,30-31,33-34,36,38,41,43,62H,4-6,8-9,11-14,16,18-20,25-26,29,32,35,37,39-40,42,44-61H2,1-3H3/b10-7-,17-15-,23-21-,24-22-,28-27-,31-30-,34-33-,38-36-,43-41-. The molecule has 0 aliphatic carbocycles. The van der Waals surface area contributed by atoms with Crippen molar-refractivity contribution in [2.24, 2.45) is 0 Å². The third-order valence-electron chi connectivity index (χ3n) is 12.3. The van der Waals surface area contributed by atoms with Crippen LogP contribution >= 0.6 is 0 Å². The highest BCUT2D eigenvalue weighted by molar-refractivity contribution is 5.71. The average Bonchev–Trinajstić information content (AvgIpc) is 3.37. The first-order valence-corrected chi connectivity index (χ1v) is 29.4. The van der Waals surface area contributed by atoms with Crippen LogP contribution in [0.2, 0.25) is 0 Å². The molecule has 0 aromatic carbocycles. The molecular weight excluding hydrogens is 877 g/mol. The zero-order valence-corrected chi connectivity index (χ0v) is 46.2. The largest absolute Gasteiger partial charge is 0.462 e. The first kappa shape index (κ1) is 67.1. The van der Waals surface area contributed by atoms with E-state index in [1.807, 2.05) is 0 Å². The van der Waals surface area contributed by atoms with Crippen molar-refractivity contribution in [2.45, 2.75) is 271 Å². The summed E-state index contributed by atoms with van der Waals surface area (Å²) in [4.78, 5) is 37.8. The fourth-order valence-electron chi connectivity index (χ4n) is 7.86. The molecule has 0 amide bonds. The molecular formula is C65H108O6. The highest BCUT2D eigenvalue weighted by Crippen LogP contribution is 2.14. The van der Waals surface area contributed by atoms with Crippen molar-refractivity contribution in [1.82, 2.24) is 0 Å². The Labute approximate surface area is 438 Å². The summed E-state index contributed by atoms with van der Waals surface area (Å²) in [5.41, 5.74) is 0.